The predicted octanol–water partition coefficient (Wildman–Crippen LogP) is 5.93. The third-order valence-corrected chi connectivity index (χ3v) is 4.04. The molecule has 0 atom stereocenters. The molecule has 122 valence electrons. The second kappa shape index (κ2) is 6.88. The Morgan fingerprint density at radius 2 is 1.54 bits per heavy atom. The third-order valence-electron chi connectivity index (χ3n) is 3.36. The highest BCUT2D eigenvalue weighted by Gasteiger charge is 2.31. The second-order valence-electron chi connectivity index (χ2n) is 4.95. The molecular weight excluding hydrogens is 333 g/mol. The largest absolute Gasteiger partial charge is 0.490 e. The van der Waals surface area contributed by atoms with Gasteiger partial charge in [-0.1, -0.05) is 42.5 Å². The molecule has 2 aromatic heterocycles. The maximum Gasteiger partial charge on any atom is 0.490 e. The smallest absolute Gasteiger partial charge is 0.241 e. The Kier molecular flexibility index (Phi) is 4.66. The summed E-state index contributed by atoms with van der Waals surface area (Å²) >= 11 is 1.73. The minimum atomic E-state index is -4.39. The SMILES string of the molecule is FC(F)(F)n1cnc2ccccc21.c1ccc(-c2ccsc2)cc1. The number of hydrogen-bond donors (Lipinski definition) is 0. The molecule has 4 rings (SSSR count). The summed E-state index contributed by atoms with van der Waals surface area (Å²) in [5, 5.41) is 4.26. The monoisotopic (exact) mass is 346 g/mol. The number of imidazole rings is 1. The van der Waals surface area contributed by atoms with E-state index in [9.17, 15) is 13.2 Å². The van der Waals surface area contributed by atoms with Crippen LogP contribution in [0.2, 0.25) is 0 Å². The average molecular weight is 346 g/mol. The first-order valence-corrected chi connectivity index (χ1v) is 8.07. The van der Waals surface area contributed by atoms with E-state index in [1.165, 1.54) is 23.3 Å². The van der Waals surface area contributed by atoms with Gasteiger partial charge in [0.1, 0.15) is 6.33 Å². The van der Waals surface area contributed by atoms with Crippen LogP contribution in [0.5, 0.6) is 0 Å². The van der Waals surface area contributed by atoms with Gasteiger partial charge < -0.3 is 0 Å². The summed E-state index contributed by atoms with van der Waals surface area (Å²) < 4.78 is 37.0. The fourth-order valence-electron chi connectivity index (χ4n) is 2.22. The van der Waals surface area contributed by atoms with Crippen molar-refractivity contribution >= 4 is 22.4 Å². The van der Waals surface area contributed by atoms with Crippen LogP contribution >= 0.6 is 11.3 Å². The number of rotatable bonds is 1. The van der Waals surface area contributed by atoms with Gasteiger partial charge in [-0.15, -0.1) is 13.2 Å². The van der Waals surface area contributed by atoms with Crippen molar-refractivity contribution in [1.82, 2.24) is 9.55 Å². The number of fused-ring (bicyclic) bond motifs is 1. The highest BCUT2D eigenvalue weighted by atomic mass is 32.1. The number of alkyl halides is 3. The van der Waals surface area contributed by atoms with Crippen LogP contribution in [0.3, 0.4) is 0 Å². The first kappa shape index (κ1) is 16.3. The molecule has 0 aliphatic heterocycles. The molecule has 0 N–H and O–H groups in total. The second-order valence-corrected chi connectivity index (χ2v) is 5.73. The third kappa shape index (κ3) is 3.65. The van der Waals surface area contributed by atoms with Gasteiger partial charge in [-0.2, -0.15) is 11.3 Å². The van der Waals surface area contributed by atoms with Crippen molar-refractivity contribution in [2.24, 2.45) is 0 Å². The highest BCUT2D eigenvalue weighted by molar-refractivity contribution is 7.08. The van der Waals surface area contributed by atoms with Crippen molar-refractivity contribution < 1.29 is 13.2 Å². The van der Waals surface area contributed by atoms with E-state index in [1.807, 2.05) is 6.07 Å². The molecule has 0 bridgehead atoms. The maximum atomic E-state index is 12.3. The van der Waals surface area contributed by atoms with Crippen LogP contribution in [-0.2, 0) is 6.30 Å². The molecule has 0 radical (unpaired) electrons. The standard InChI is InChI=1S/C10H8S.C8H5F3N2/c1-2-4-9(5-3-1)10-6-7-11-8-10;9-8(10,11)13-5-12-6-3-1-2-4-7(6)13/h1-8H;1-5H. The summed E-state index contributed by atoms with van der Waals surface area (Å²) in [5.74, 6) is 0. The molecule has 0 aliphatic rings. The summed E-state index contributed by atoms with van der Waals surface area (Å²) in [4.78, 5) is 3.63. The lowest BCUT2D eigenvalue weighted by Crippen LogP contribution is -2.14. The van der Waals surface area contributed by atoms with Crippen LogP contribution < -0.4 is 0 Å². The minimum absolute atomic E-state index is 0.0787. The zero-order valence-corrected chi connectivity index (χ0v) is 13.3. The lowest BCUT2D eigenvalue weighted by molar-refractivity contribution is -0.201. The number of para-hydroxylation sites is 2. The van der Waals surface area contributed by atoms with Gasteiger partial charge in [-0.3, -0.25) is 0 Å². The van der Waals surface area contributed by atoms with Gasteiger partial charge in [0.05, 0.1) is 11.0 Å². The fraction of sp³-hybridized carbons (Fsp3) is 0.0556. The average Bonchev–Trinajstić information content (AvgIpc) is 3.25. The Morgan fingerprint density at radius 3 is 2.21 bits per heavy atom. The molecule has 0 spiro atoms. The number of halogens is 3. The number of aromatic nitrogens is 2. The number of hydrogen-bond acceptors (Lipinski definition) is 2. The number of thiophene rings is 1. The van der Waals surface area contributed by atoms with Crippen molar-refractivity contribution in [1.29, 1.82) is 0 Å². The lowest BCUT2D eigenvalue weighted by Gasteiger charge is -2.07. The molecule has 0 saturated heterocycles. The Balaban J connectivity index is 0.000000143. The molecule has 2 aromatic carbocycles. The number of nitrogens with zero attached hydrogens (tertiary/aromatic N) is 2. The van der Waals surface area contributed by atoms with Crippen LogP contribution in [0.4, 0.5) is 13.2 Å². The van der Waals surface area contributed by atoms with E-state index in [2.05, 4.69) is 46.1 Å². The first-order valence-electron chi connectivity index (χ1n) is 7.12. The Bertz CT molecular complexity index is 897. The Morgan fingerprint density at radius 1 is 0.833 bits per heavy atom. The van der Waals surface area contributed by atoms with E-state index in [1.54, 1.807) is 23.5 Å². The van der Waals surface area contributed by atoms with Gasteiger partial charge in [0.25, 0.3) is 0 Å². The molecule has 24 heavy (non-hydrogen) atoms. The maximum absolute atomic E-state index is 12.3. The highest BCUT2D eigenvalue weighted by Crippen LogP contribution is 2.26. The molecule has 0 saturated carbocycles. The summed E-state index contributed by atoms with van der Waals surface area (Å²) in [5.41, 5.74) is 3.04. The van der Waals surface area contributed by atoms with Gasteiger partial charge in [0.2, 0.25) is 0 Å². The normalized spacial score (nSPS) is 11.1. The van der Waals surface area contributed by atoms with Crippen LogP contribution in [0.15, 0.2) is 77.8 Å². The lowest BCUT2D eigenvalue weighted by atomic mass is 10.1. The molecule has 2 heterocycles. The van der Waals surface area contributed by atoms with E-state index in [0.717, 1.165) is 6.33 Å². The molecule has 0 unspecified atom stereocenters. The number of benzene rings is 2. The summed E-state index contributed by atoms with van der Waals surface area (Å²) in [7, 11) is 0. The van der Waals surface area contributed by atoms with Crippen molar-refractivity contribution in [2.45, 2.75) is 6.30 Å². The molecule has 0 amide bonds. The van der Waals surface area contributed by atoms with E-state index in [-0.39, 0.29) is 10.1 Å². The van der Waals surface area contributed by atoms with Crippen molar-refractivity contribution in [3.8, 4) is 11.1 Å². The summed E-state index contributed by atoms with van der Waals surface area (Å²) in [6.45, 7) is 0. The first-order chi connectivity index (χ1) is 11.6. The van der Waals surface area contributed by atoms with Crippen molar-refractivity contribution in [3.05, 3.63) is 77.8 Å². The van der Waals surface area contributed by atoms with Gasteiger partial charge >= 0.3 is 6.30 Å². The van der Waals surface area contributed by atoms with Crippen LogP contribution in [-0.4, -0.2) is 9.55 Å². The van der Waals surface area contributed by atoms with E-state index in [4.69, 9.17) is 0 Å². The molecule has 6 heteroatoms. The van der Waals surface area contributed by atoms with Crippen molar-refractivity contribution in [3.63, 3.8) is 0 Å². The van der Waals surface area contributed by atoms with E-state index >= 15 is 0 Å². The zero-order valence-electron chi connectivity index (χ0n) is 12.4. The van der Waals surface area contributed by atoms with Crippen LogP contribution in [0.25, 0.3) is 22.2 Å². The van der Waals surface area contributed by atoms with E-state index in [0.29, 0.717) is 5.52 Å². The van der Waals surface area contributed by atoms with Gasteiger partial charge in [-0.05, 0) is 40.1 Å². The summed E-state index contributed by atoms with van der Waals surface area (Å²) in [6.07, 6.45) is -3.61. The van der Waals surface area contributed by atoms with Crippen molar-refractivity contribution in [2.75, 3.05) is 0 Å². The van der Waals surface area contributed by atoms with Gasteiger partial charge in [0.15, 0.2) is 0 Å². The van der Waals surface area contributed by atoms with Crippen LogP contribution in [0.1, 0.15) is 0 Å². The van der Waals surface area contributed by atoms with Gasteiger partial charge in [-0.25, -0.2) is 9.55 Å². The topological polar surface area (TPSA) is 17.8 Å². The Hall–Kier alpha value is -2.60. The fourth-order valence-corrected chi connectivity index (χ4v) is 2.89. The molecule has 4 aromatic rings. The molecule has 0 fully saturated rings. The molecule has 0 aliphatic carbocycles. The zero-order chi connectivity index (χ0) is 17.0. The summed E-state index contributed by atoms with van der Waals surface area (Å²) in [6, 6.07) is 18.7. The predicted molar refractivity (Wildman–Crippen MR) is 90.8 cm³/mol. The molecular formula is C18H13F3N2S. The van der Waals surface area contributed by atoms with Crippen LogP contribution in [0, 0.1) is 0 Å². The molecule has 2 nitrogen and oxygen atoms in total. The quantitative estimate of drug-likeness (QED) is 0.418. The minimum Gasteiger partial charge on any atom is -0.241 e. The Labute approximate surface area is 140 Å². The van der Waals surface area contributed by atoms with Gasteiger partial charge in [0, 0.05) is 0 Å². The van der Waals surface area contributed by atoms with E-state index < -0.39 is 6.30 Å².